The molecule has 0 bridgehead atoms. The van der Waals surface area contributed by atoms with Crippen LogP contribution in [0.15, 0.2) is 28.6 Å². The van der Waals surface area contributed by atoms with Crippen LogP contribution in [0, 0.1) is 0 Å². The minimum Gasteiger partial charge on any atom is -0.790 e. The predicted molar refractivity (Wildman–Crippen MR) is 140 cm³/mol. The number of aromatic amines is 2. The van der Waals surface area contributed by atoms with E-state index in [0.717, 1.165) is 17.2 Å². The van der Waals surface area contributed by atoms with Gasteiger partial charge in [0.2, 0.25) is 5.95 Å². The van der Waals surface area contributed by atoms with E-state index < -0.39 is 89.1 Å². The maximum Gasteiger partial charge on any atom is 1.00 e. The van der Waals surface area contributed by atoms with E-state index >= 15 is 0 Å². The normalized spacial score (nSPS) is 26.0. The number of H-pyrrole nitrogens is 2. The molecule has 0 aromatic carbocycles. The van der Waals surface area contributed by atoms with Gasteiger partial charge >= 0.3 is 118 Å². The Bertz CT molecular complexity index is 1970. The third-order valence-electron chi connectivity index (χ3n) is 6.83. The second kappa shape index (κ2) is 20.1. The van der Waals surface area contributed by atoms with E-state index in [1.54, 1.807) is 0 Å². The number of nitrogen functional groups attached to an aromatic ring is 1. The van der Waals surface area contributed by atoms with Crippen LogP contribution in [-0.4, -0.2) is 109 Å². The molecule has 25 nitrogen and oxygen atoms in total. The van der Waals surface area contributed by atoms with Gasteiger partial charge in [-0.1, -0.05) is 0 Å². The van der Waals surface area contributed by atoms with E-state index in [1.165, 1.54) is 10.9 Å². The number of aliphatic hydroxyl groups excluding tert-OH is 4. The van der Waals surface area contributed by atoms with Crippen LogP contribution in [0.4, 0.5) is 5.95 Å². The standard InChI is InChI=1S/C10H14N5O8P.C10H13N4O8P.4Na/c11-10-13-7-4(8(18)14-10)12-2-15(7)9-6(17)5(16)3(23-9)1-22-24(19,20)21;15-6-4(1-21-23(18,19)20)22-10(7(6)16)14-3-13-5-8(14)11-2-12-9(5)17;;;;/h2-3,5-6,9,16-17H,1H2,(H2,19,20,21)(H3,11,13,14,18);2-4,6-7,10,15-16H,1H2,(H,11,12,17)(H2,18,19,20);;;;/q;;4*+1/p-4. The minimum atomic E-state index is -5.26. The average Bonchev–Trinajstić information content (AvgIpc) is 3.73. The van der Waals surface area contributed by atoms with Crippen LogP contribution < -0.4 is 155 Å². The number of nitrogens with zero attached hydrogens (tertiary/aromatic N) is 6. The fourth-order valence-electron chi connectivity index (χ4n) is 4.70. The Hall–Kier alpha value is 0.480. The number of imidazole rings is 2. The first-order chi connectivity index (χ1) is 21.9. The second-order valence-electron chi connectivity index (χ2n) is 9.91. The molecule has 0 spiro atoms. The van der Waals surface area contributed by atoms with Gasteiger partial charge in [-0.3, -0.25) is 23.7 Å². The zero-order chi connectivity index (χ0) is 34.4. The van der Waals surface area contributed by atoms with Crippen molar-refractivity contribution in [2.45, 2.75) is 49.1 Å². The summed E-state index contributed by atoms with van der Waals surface area (Å²) in [5.41, 5.74) is 4.37. The van der Waals surface area contributed by atoms with Crippen molar-refractivity contribution in [1.29, 1.82) is 0 Å². The number of phosphoric ester groups is 2. The summed E-state index contributed by atoms with van der Waals surface area (Å²) in [6.45, 7) is -1.53. The molecule has 0 amide bonds. The van der Waals surface area contributed by atoms with Gasteiger partial charge in [-0.25, -0.2) is 15.0 Å². The molecule has 8 unspecified atom stereocenters. The zero-order valence-corrected chi connectivity index (χ0v) is 36.9. The summed E-state index contributed by atoms with van der Waals surface area (Å²) in [5, 5.41) is 39.9. The Balaban J connectivity index is 0.000000473. The van der Waals surface area contributed by atoms with Crippen molar-refractivity contribution in [1.82, 2.24) is 39.0 Å². The molecule has 6 heterocycles. The smallest absolute Gasteiger partial charge is 0.790 e. The molecule has 2 saturated heterocycles. The Morgan fingerprint density at radius 1 is 0.745 bits per heavy atom. The Morgan fingerprint density at radius 2 is 1.18 bits per heavy atom. The number of nitrogens with two attached hydrogens (primary N) is 1. The number of hydrogen-bond donors (Lipinski definition) is 7. The molecule has 4 aromatic heterocycles. The van der Waals surface area contributed by atoms with E-state index in [2.05, 4.69) is 39.0 Å². The molecule has 51 heavy (non-hydrogen) atoms. The number of hydrogen-bond acceptors (Lipinski definition) is 21. The molecule has 2 fully saturated rings. The van der Waals surface area contributed by atoms with Crippen molar-refractivity contribution in [3.05, 3.63) is 39.7 Å². The number of ether oxygens (including phenoxy) is 2. The van der Waals surface area contributed by atoms with Gasteiger partial charge in [0.25, 0.3) is 11.1 Å². The summed E-state index contributed by atoms with van der Waals surface area (Å²) in [6, 6.07) is 0. The molecule has 2 aliphatic rings. The van der Waals surface area contributed by atoms with E-state index in [9.17, 15) is 58.7 Å². The molecule has 31 heteroatoms. The number of anilines is 1. The van der Waals surface area contributed by atoms with Gasteiger partial charge in [0.1, 0.15) is 36.6 Å². The first-order valence-corrected chi connectivity index (χ1v) is 15.9. The van der Waals surface area contributed by atoms with Crippen LogP contribution in [0.3, 0.4) is 0 Å². The van der Waals surface area contributed by atoms with Crippen LogP contribution in [0.2, 0.25) is 0 Å². The number of nitrogens with one attached hydrogen (secondary N) is 2. The van der Waals surface area contributed by atoms with Crippen molar-refractivity contribution in [2.75, 3.05) is 18.9 Å². The third-order valence-corrected chi connectivity index (χ3v) is 7.76. The minimum absolute atomic E-state index is 0. The molecule has 8 N–H and O–H groups in total. The number of fused-ring (bicyclic) bond motifs is 2. The quantitative estimate of drug-likeness (QED) is 0.0642. The van der Waals surface area contributed by atoms with Gasteiger partial charge in [0, 0.05) is 0 Å². The van der Waals surface area contributed by atoms with Gasteiger partial charge in [0.15, 0.2) is 34.8 Å². The maximum atomic E-state index is 11.7. The summed E-state index contributed by atoms with van der Waals surface area (Å²) in [5.74, 6) is -0.194. The summed E-state index contributed by atoms with van der Waals surface area (Å²) in [4.78, 5) is 85.3. The molecule has 2 aliphatic heterocycles. The summed E-state index contributed by atoms with van der Waals surface area (Å²) >= 11 is 0. The van der Waals surface area contributed by atoms with E-state index in [1.807, 2.05) is 0 Å². The van der Waals surface area contributed by atoms with Gasteiger partial charge in [-0.05, 0) is 0 Å². The second-order valence-corrected chi connectivity index (χ2v) is 12.2. The van der Waals surface area contributed by atoms with Crippen molar-refractivity contribution in [3.63, 3.8) is 0 Å². The van der Waals surface area contributed by atoms with Gasteiger partial charge in [0.05, 0.1) is 47.8 Å². The first-order valence-electron chi connectivity index (χ1n) is 12.9. The Labute approximate surface area is 372 Å². The number of rotatable bonds is 8. The number of aromatic nitrogens is 8. The van der Waals surface area contributed by atoms with Gasteiger partial charge in [-0.2, -0.15) is 4.98 Å². The molecule has 0 radical (unpaired) electrons. The molecule has 8 atom stereocenters. The van der Waals surface area contributed by atoms with Crippen LogP contribution >= 0.6 is 15.6 Å². The summed E-state index contributed by atoms with van der Waals surface area (Å²) in [7, 11) is -10.5. The molecule has 258 valence electrons. The van der Waals surface area contributed by atoms with Crippen molar-refractivity contribution in [2.24, 2.45) is 0 Å². The van der Waals surface area contributed by atoms with Crippen molar-refractivity contribution < 1.29 is 186 Å². The molecule has 4 aromatic rings. The summed E-state index contributed by atoms with van der Waals surface area (Å²) in [6.07, 6.45) is -7.57. The van der Waals surface area contributed by atoms with Gasteiger partial charge < -0.3 is 78.4 Å². The number of phosphoric acid groups is 2. The monoisotopic (exact) mass is 799 g/mol. The van der Waals surface area contributed by atoms with Crippen LogP contribution in [0.1, 0.15) is 12.5 Å². The molecule has 0 saturated carbocycles. The molecule has 0 aliphatic carbocycles. The maximum absolute atomic E-state index is 11.7. The summed E-state index contributed by atoms with van der Waals surface area (Å²) < 4.78 is 42.1. The topological polar surface area (TPSA) is 397 Å². The fourth-order valence-corrected chi connectivity index (χ4v) is 5.36. The molecule has 6 rings (SSSR count). The van der Waals surface area contributed by atoms with E-state index in [-0.39, 0.29) is 147 Å². The first kappa shape index (κ1) is 49.5. The SMILES string of the molecule is Nc1nc2c(ncn2C2OC(COP(=O)([O-])[O-])C(O)C2O)c(=O)[nH]1.O=c1[nH]cnc2c1ncn2C1OC(COP(=O)([O-])[O-])C(O)C1O.[Na+].[Na+].[Na+].[Na+]. The largest absolute Gasteiger partial charge is 1.00 e. The third kappa shape index (κ3) is 11.8. The van der Waals surface area contributed by atoms with Crippen LogP contribution in [0.25, 0.3) is 22.3 Å². The van der Waals surface area contributed by atoms with Crippen molar-refractivity contribution in [3.8, 4) is 0 Å². The van der Waals surface area contributed by atoms with E-state index in [4.69, 9.17) is 15.2 Å². The van der Waals surface area contributed by atoms with Gasteiger partial charge in [-0.15, -0.1) is 0 Å². The Kier molecular flexibility index (Phi) is 19.5. The fraction of sp³-hybridized carbons (Fsp3) is 0.500. The van der Waals surface area contributed by atoms with Crippen molar-refractivity contribution >= 4 is 43.9 Å². The Morgan fingerprint density at radius 3 is 1.63 bits per heavy atom. The molecular weight excluding hydrogens is 776 g/mol. The van der Waals surface area contributed by atoms with Crippen LogP contribution in [-0.2, 0) is 27.7 Å². The molecular formula is C20H23N9Na4O16P2. The van der Waals surface area contributed by atoms with E-state index in [0.29, 0.717) is 0 Å². The van der Waals surface area contributed by atoms with Crippen LogP contribution in [0.5, 0.6) is 0 Å². The predicted octanol–water partition coefficient (Wildman–Crippen LogP) is -19.2. The number of aliphatic hydroxyl groups is 4. The average molecular weight is 799 g/mol. The zero-order valence-electron chi connectivity index (χ0n) is 27.1.